The molecule has 6 heteroatoms. The summed E-state index contributed by atoms with van der Waals surface area (Å²) in [6.07, 6.45) is 4.63. The Balaban J connectivity index is 2.21. The van der Waals surface area contributed by atoms with Crippen molar-refractivity contribution in [3.05, 3.63) is 0 Å². The summed E-state index contributed by atoms with van der Waals surface area (Å²) in [6, 6.07) is 1.73. The number of ether oxygens (including phenoxy) is 1. The van der Waals surface area contributed by atoms with Crippen molar-refractivity contribution in [2.75, 3.05) is 53.5 Å². The molecule has 0 unspecified atom stereocenters. The van der Waals surface area contributed by atoms with E-state index in [0.717, 1.165) is 58.1 Å². The standard InChI is InChI=1S/C20H43N5O/c1-17(2)25(18(3)4)13-7-11-22-20(21-5)23-19-9-14-24(15-10-19)12-8-16-26-6/h17-19H,7-16H2,1-6H3,(H2,21,22,23). The summed E-state index contributed by atoms with van der Waals surface area (Å²) >= 11 is 0. The Morgan fingerprint density at radius 2 is 1.81 bits per heavy atom. The smallest absolute Gasteiger partial charge is 0.191 e. The number of nitrogens with one attached hydrogen (secondary N) is 2. The number of nitrogens with zero attached hydrogens (tertiary/aromatic N) is 3. The summed E-state index contributed by atoms with van der Waals surface area (Å²) in [5.74, 6) is 0.948. The van der Waals surface area contributed by atoms with E-state index in [1.807, 2.05) is 7.05 Å². The molecule has 6 nitrogen and oxygen atoms in total. The van der Waals surface area contributed by atoms with Crippen LogP contribution in [0.15, 0.2) is 4.99 Å². The van der Waals surface area contributed by atoms with Gasteiger partial charge in [-0.25, -0.2) is 0 Å². The third-order valence-corrected chi connectivity index (χ3v) is 5.19. The first-order valence-electron chi connectivity index (χ1n) is 10.4. The third-order valence-electron chi connectivity index (χ3n) is 5.19. The summed E-state index contributed by atoms with van der Waals surface area (Å²) in [6.45, 7) is 15.5. The van der Waals surface area contributed by atoms with Gasteiger partial charge < -0.3 is 20.3 Å². The SMILES string of the molecule is CN=C(NCCCN(C(C)C)C(C)C)NC1CCN(CCCOC)CC1. The molecule has 0 aromatic rings. The lowest BCUT2D eigenvalue weighted by Crippen LogP contribution is -2.49. The normalized spacial score (nSPS) is 17.5. The van der Waals surface area contributed by atoms with Gasteiger partial charge in [0, 0.05) is 71.6 Å². The van der Waals surface area contributed by atoms with Gasteiger partial charge in [0.2, 0.25) is 0 Å². The molecule has 2 N–H and O–H groups in total. The van der Waals surface area contributed by atoms with E-state index in [1.165, 1.54) is 12.8 Å². The number of methoxy groups -OCH3 is 1. The van der Waals surface area contributed by atoms with Crippen molar-refractivity contribution in [3.63, 3.8) is 0 Å². The number of guanidine groups is 1. The van der Waals surface area contributed by atoms with Crippen LogP contribution >= 0.6 is 0 Å². The molecule has 0 saturated carbocycles. The molecule has 154 valence electrons. The van der Waals surface area contributed by atoms with Crippen molar-refractivity contribution in [1.29, 1.82) is 0 Å². The van der Waals surface area contributed by atoms with Gasteiger partial charge in [-0.3, -0.25) is 9.89 Å². The van der Waals surface area contributed by atoms with Crippen LogP contribution in [0.25, 0.3) is 0 Å². The molecule has 1 aliphatic rings. The average molecular weight is 370 g/mol. The number of hydrogen-bond acceptors (Lipinski definition) is 4. The molecule has 26 heavy (non-hydrogen) atoms. The molecular weight excluding hydrogens is 326 g/mol. The lowest BCUT2D eigenvalue weighted by molar-refractivity contribution is 0.155. The Labute approximate surface area is 161 Å². The van der Waals surface area contributed by atoms with Crippen LogP contribution in [-0.2, 0) is 4.74 Å². The highest BCUT2D eigenvalue weighted by molar-refractivity contribution is 5.79. The van der Waals surface area contributed by atoms with E-state index in [9.17, 15) is 0 Å². The zero-order valence-corrected chi connectivity index (χ0v) is 18.1. The van der Waals surface area contributed by atoms with Gasteiger partial charge in [0.25, 0.3) is 0 Å². The van der Waals surface area contributed by atoms with Crippen molar-refractivity contribution >= 4 is 5.96 Å². The van der Waals surface area contributed by atoms with Crippen LogP contribution in [0.5, 0.6) is 0 Å². The molecular formula is C20H43N5O. The maximum Gasteiger partial charge on any atom is 0.191 e. The first-order valence-corrected chi connectivity index (χ1v) is 10.4. The van der Waals surface area contributed by atoms with Gasteiger partial charge >= 0.3 is 0 Å². The molecule has 0 aromatic heterocycles. The number of hydrogen-bond donors (Lipinski definition) is 2. The van der Waals surface area contributed by atoms with E-state index in [4.69, 9.17) is 4.74 Å². The molecule has 1 aliphatic heterocycles. The molecule has 0 bridgehead atoms. The van der Waals surface area contributed by atoms with E-state index in [1.54, 1.807) is 7.11 Å². The van der Waals surface area contributed by atoms with Crippen molar-refractivity contribution < 1.29 is 4.74 Å². The molecule has 0 amide bonds. The third kappa shape index (κ3) is 9.19. The van der Waals surface area contributed by atoms with Gasteiger partial charge in [-0.05, 0) is 53.4 Å². The highest BCUT2D eigenvalue weighted by atomic mass is 16.5. The van der Waals surface area contributed by atoms with E-state index in [0.29, 0.717) is 18.1 Å². The number of likely N-dealkylation sites (tertiary alicyclic amines) is 1. The second-order valence-electron chi connectivity index (χ2n) is 7.88. The fraction of sp³-hybridized carbons (Fsp3) is 0.950. The summed E-state index contributed by atoms with van der Waals surface area (Å²) < 4.78 is 5.14. The van der Waals surface area contributed by atoms with Crippen LogP contribution in [0, 0.1) is 0 Å². The van der Waals surface area contributed by atoms with E-state index >= 15 is 0 Å². The molecule has 1 rings (SSSR count). The van der Waals surface area contributed by atoms with Crippen LogP contribution in [0.4, 0.5) is 0 Å². The number of rotatable bonds is 11. The Morgan fingerprint density at radius 1 is 1.15 bits per heavy atom. The van der Waals surface area contributed by atoms with Gasteiger partial charge in [0.05, 0.1) is 0 Å². The van der Waals surface area contributed by atoms with Crippen LogP contribution in [0.3, 0.4) is 0 Å². The Kier molecular flexibility index (Phi) is 11.9. The minimum Gasteiger partial charge on any atom is -0.385 e. The van der Waals surface area contributed by atoms with Gasteiger partial charge in [0.1, 0.15) is 0 Å². The Hall–Kier alpha value is -0.850. The zero-order chi connectivity index (χ0) is 19.4. The summed E-state index contributed by atoms with van der Waals surface area (Å²) in [5, 5.41) is 7.09. The predicted octanol–water partition coefficient (Wildman–Crippen LogP) is 2.16. The summed E-state index contributed by atoms with van der Waals surface area (Å²) in [7, 11) is 3.64. The first kappa shape index (κ1) is 23.2. The van der Waals surface area contributed by atoms with E-state index in [2.05, 4.69) is 53.1 Å². The quantitative estimate of drug-likeness (QED) is 0.332. The Bertz CT molecular complexity index is 370. The number of aliphatic imine (C=N–C) groups is 1. The van der Waals surface area contributed by atoms with E-state index in [-0.39, 0.29) is 0 Å². The zero-order valence-electron chi connectivity index (χ0n) is 18.1. The molecule has 0 spiro atoms. The van der Waals surface area contributed by atoms with Crippen molar-refractivity contribution in [1.82, 2.24) is 20.4 Å². The lowest BCUT2D eigenvalue weighted by Gasteiger charge is -2.33. The van der Waals surface area contributed by atoms with Crippen LogP contribution in [0.2, 0.25) is 0 Å². The highest BCUT2D eigenvalue weighted by Gasteiger charge is 2.19. The largest absolute Gasteiger partial charge is 0.385 e. The number of piperidine rings is 1. The maximum absolute atomic E-state index is 5.14. The highest BCUT2D eigenvalue weighted by Crippen LogP contribution is 2.10. The van der Waals surface area contributed by atoms with Gasteiger partial charge in [0.15, 0.2) is 5.96 Å². The molecule has 1 fully saturated rings. The first-order chi connectivity index (χ1) is 12.5. The van der Waals surface area contributed by atoms with Gasteiger partial charge in [-0.15, -0.1) is 0 Å². The van der Waals surface area contributed by atoms with Gasteiger partial charge in [-0.2, -0.15) is 0 Å². The topological polar surface area (TPSA) is 52.1 Å². The Morgan fingerprint density at radius 3 is 2.35 bits per heavy atom. The van der Waals surface area contributed by atoms with Crippen LogP contribution in [0.1, 0.15) is 53.4 Å². The maximum atomic E-state index is 5.14. The molecule has 1 saturated heterocycles. The second-order valence-corrected chi connectivity index (χ2v) is 7.88. The molecule has 0 radical (unpaired) electrons. The van der Waals surface area contributed by atoms with Crippen molar-refractivity contribution in [2.45, 2.75) is 71.5 Å². The van der Waals surface area contributed by atoms with Gasteiger partial charge in [-0.1, -0.05) is 0 Å². The molecule has 1 heterocycles. The average Bonchev–Trinajstić information content (AvgIpc) is 2.61. The summed E-state index contributed by atoms with van der Waals surface area (Å²) in [5.41, 5.74) is 0. The molecule has 0 aliphatic carbocycles. The lowest BCUT2D eigenvalue weighted by atomic mass is 10.1. The van der Waals surface area contributed by atoms with Crippen molar-refractivity contribution in [2.24, 2.45) is 4.99 Å². The second kappa shape index (κ2) is 13.3. The van der Waals surface area contributed by atoms with Crippen molar-refractivity contribution in [3.8, 4) is 0 Å². The predicted molar refractivity (Wildman–Crippen MR) is 112 cm³/mol. The molecule has 0 aromatic carbocycles. The van der Waals surface area contributed by atoms with E-state index < -0.39 is 0 Å². The summed E-state index contributed by atoms with van der Waals surface area (Å²) in [4.78, 5) is 9.48. The molecule has 0 atom stereocenters. The van der Waals surface area contributed by atoms with Crippen LogP contribution < -0.4 is 10.6 Å². The fourth-order valence-corrected chi connectivity index (χ4v) is 3.70. The monoisotopic (exact) mass is 369 g/mol. The minimum atomic E-state index is 0.530. The minimum absolute atomic E-state index is 0.530. The van der Waals surface area contributed by atoms with Crippen LogP contribution in [-0.4, -0.2) is 87.4 Å². The fourth-order valence-electron chi connectivity index (χ4n) is 3.70.